The smallest absolute Gasteiger partial charge is 0.251 e. The Labute approximate surface area is 116 Å². The molecule has 1 aromatic carbocycles. The van der Waals surface area contributed by atoms with Crippen LogP contribution in [0.4, 0.5) is 0 Å². The van der Waals surface area contributed by atoms with Crippen molar-refractivity contribution in [1.29, 1.82) is 0 Å². The number of nitrogens with one attached hydrogen (secondary N) is 2. The van der Waals surface area contributed by atoms with Gasteiger partial charge in [0.2, 0.25) is 0 Å². The fraction of sp³-hybridized carbons (Fsp3) is 0.133. The van der Waals surface area contributed by atoms with E-state index in [1.54, 1.807) is 6.07 Å². The maximum absolute atomic E-state index is 12.1. The summed E-state index contributed by atoms with van der Waals surface area (Å²) in [4.78, 5) is 23.3. The van der Waals surface area contributed by atoms with Crippen molar-refractivity contribution in [1.82, 2.24) is 20.3 Å². The summed E-state index contributed by atoms with van der Waals surface area (Å²) < 4.78 is 0. The molecule has 0 unspecified atom stereocenters. The predicted octanol–water partition coefficient (Wildman–Crippen LogP) is 2.20. The number of aryl methyl sites for hydroxylation is 1. The Morgan fingerprint density at radius 3 is 3.00 bits per heavy atom. The minimum absolute atomic E-state index is 0.107. The molecule has 3 aromatic rings. The van der Waals surface area contributed by atoms with Gasteiger partial charge in [0, 0.05) is 28.4 Å². The van der Waals surface area contributed by atoms with Crippen LogP contribution < -0.4 is 5.32 Å². The lowest BCUT2D eigenvalue weighted by atomic mass is 10.1. The van der Waals surface area contributed by atoms with Crippen LogP contribution in [0.1, 0.15) is 21.7 Å². The van der Waals surface area contributed by atoms with Crippen LogP contribution in [0, 0.1) is 6.92 Å². The van der Waals surface area contributed by atoms with Crippen LogP contribution in [-0.4, -0.2) is 20.9 Å². The second-order valence-corrected chi connectivity index (χ2v) is 4.61. The number of nitrogens with zero attached hydrogens (tertiary/aromatic N) is 2. The van der Waals surface area contributed by atoms with Crippen molar-refractivity contribution in [2.24, 2.45) is 0 Å². The van der Waals surface area contributed by atoms with Gasteiger partial charge < -0.3 is 10.3 Å². The Morgan fingerprint density at radius 1 is 1.25 bits per heavy atom. The molecule has 0 atom stereocenters. The molecule has 2 N–H and O–H groups in total. The van der Waals surface area contributed by atoms with Crippen molar-refractivity contribution in [2.45, 2.75) is 13.5 Å². The van der Waals surface area contributed by atoms with Gasteiger partial charge in [-0.3, -0.25) is 4.79 Å². The van der Waals surface area contributed by atoms with Gasteiger partial charge in [-0.05, 0) is 37.3 Å². The molecule has 0 aliphatic carbocycles. The lowest BCUT2D eigenvalue weighted by Crippen LogP contribution is -2.23. The normalized spacial score (nSPS) is 10.7. The molecule has 2 heterocycles. The highest BCUT2D eigenvalue weighted by Gasteiger charge is 2.07. The number of H-pyrrole nitrogens is 1. The van der Waals surface area contributed by atoms with E-state index in [-0.39, 0.29) is 5.91 Å². The van der Waals surface area contributed by atoms with Gasteiger partial charge in [-0.1, -0.05) is 0 Å². The van der Waals surface area contributed by atoms with Gasteiger partial charge in [0.25, 0.3) is 5.91 Å². The number of carbonyl (C=O) groups is 1. The van der Waals surface area contributed by atoms with E-state index in [0.29, 0.717) is 12.1 Å². The van der Waals surface area contributed by atoms with E-state index in [1.165, 1.54) is 6.33 Å². The zero-order chi connectivity index (χ0) is 13.9. The minimum atomic E-state index is -0.107. The molecule has 0 fully saturated rings. The van der Waals surface area contributed by atoms with Crippen molar-refractivity contribution < 1.29 is 4.79 Å². The summed E-state index contributed by atoms with van der Waals surface area (Å²) in [5.74, 6) is -0.107. The summed E-state index contributed by atoms with van der Waals surface area (Å²) in [7, 11) is 0. The standard InChI is InChI=1S/C15H14N4O/c1-10-6-13(19-9-18-10)8-17-15(20)12-2-3-14-11(7-12)4-5-16-14/h2-7,9,16H,8H2,1H3,(H,17,20). The molecule has 0 bridgehead atoms. The average molecular weight is 266 g/mol. The fourth-order valence-electron chi connectivity index (χ4n) is 2.07. The Balaban J connectivity index is 1.72. The van der Waals surface area contributed by atoms with Crippen molar-refractivity contribution >= 4 is 16.8 Å². The largest absolute Gasteiger partial charge is 0.361 e. The summed E-state index contributed by atoms with van der Waals surface area (Å²) in [6.07, 6.45) is 3.36. The third-order valence-corrected chi connectivity index (χ3v) is 3.11. The third-order valence-electron chi connectivity index (χ3n) is 3.11. The number of amides is 1. The molecule has 0 aliphatic rings. The number of hydrogen-bond acceptors (Lipinski definition) is 3. The average Bonchev–Trinajstić information content (AvgIpc) is 2.92. The summed E-state index contributed by atoms with van der Waals surface area (Å²) >= 11 is 0. The highest BCUT2D eigenvalue weighted by molar-refractivity contribution is 5.97. The highest BCUT2D eigenvalue weighted by atomic mass is 16.1. The van der Waals surface area contributed by atoms with Crippen LogP contribution in [0.5, 0.6) is 0 Å². The van der Waals surface area contributed by atoms with Crippen LogP contribution in [0.25, 0.3) is 10.9 Å². The minimum Gasteiger partial charge on any atom is -0.361 e. The molecule has 0 radical (unpaired) electrons. The Bertz CT molecular complexity index is 763. The summed E-state index contributed by atoms with van der Waals surface area (Å²) in [5, 5.41) is 3.88. The van der Waals surface area contributed by atoms with Crippen LogP contribution in [-0.2, 0) is 6.54 Å². The SMILES string of the molecule is Cc1cc(CNC(=O)c2ccc3[nH]ccc3c2)ncn1. The molecular weight excluding hydrogens is 252 g/mol. The molecule has 0 saturated heterocycles. The molecule has 1 amide bonds. The Morgan fingerprint density at radius 2 is 2.15 bits per heavy atom. The van der Waals surface area contributed by atoms with Crippen LogP contribution >= 0.6 is 0 Å². The second kappa shape index (κ2) is 5.13. The van der Waals surface area contributed by atoms with Crippen molar-refractivity contribution in [3.63, 3.8) is 0 Å². The Hall–Kier alpha value is -2.69. The number of carbonyl (C=O) groups excluding carboxylic acids is 1. The molecule has 0 aliphatic heterocycles. The second-order valence-electron chi connectivity index (χ2n) is 4.61. The first kappa shape index (κ1) is 12.3. The molecule has 5 heteroatoms. The zero-order valence-electron chi connectivity index (χ0n) is 11.1. The van der Waals surface area contributed by atoms with E-state index in [1.807, 2.05) is 37.4 Å². The maximum atomic E-state index is 12.1. The van der Waals surface area contributed by atoms with Crippen LogP contribution in [0.3, 0.4) is 0 Å². The first-order valence-corrected chi connectivity index (χ1v) is 6.35. The molecule has 0 saturated carbocycles. The quantitative estimate of drug-likeness (QED) is 0.763. The van der Waals surface area contributed by atoms with Crippen molar-refractivity contribution in [3.8, 4) is 0 Å². The fourth-order valence-corrected chi connectivity index (χ4v) is 2.07. The van der Waals surface area contributed by atoms with Gasteiger partial charge in [-0.2, -0.15) is 0 Å². The van der Waals surface area contributed by atoms with Crippen molar-refractivity contribution in [3.05, 3.63) is 59.8 Å². The first-order valence-electron chi connectivity index (χ1n) is 6.35. The summed E-state index contributed by atoms with van der Waals surface area (Å²) in [6.45, 7) is 2.29. The number of aromatic amines is 1. The number of aromatic nitrogens is 3. The monoisotopic (exact) mass is 266 g/mol. The number of hydrogen-bond donors (Lipinski definition) is 2. The van der Waals surface area contributed by atoms with E-state index in [2.05, 4.69) is 20.3 Å². The van der Waals surface area contributed by atoms with E-state index in [9.17, 15) is 4.79 Å². The topological polar surface area (TPSA) is 70.7 Å². The molecule has 3 rings (SSSR count). The van der Waals surface area contributed by atoms with Crippen LogP contribution in [0.15, 0.2) is 42.9 Å². The number of fused-ring (bicyclic) bond motifs is 1. The highest BCUT2D eigenvalue weighted by Crippen LogP contribution is 2.14. The Kier molecular flexibility index (Phi) is 3.16. The number of benzene rings is 1. The van der Waals surface area contributed by atoms with E-state index in [4.69, 9.17) is 0 Å². The molecule has 100 valence electrons. The predicted molar refractivity (Wildman–Crippen MR) is 76.2 cm³/mol. The molecule has 0 spiro atoms. The van der Waals surface area contributed by atoms with E-state index in [0.717, 1.165) is 22.3 Å². The molecule has 2 aromatic heterocycles. The van der Waals surface area contributed by atoms with Gasteiger partial charge in [0.05, 0.1) is 12.2 Å². The molecular formula is C15H14N4O. The lowest BCUT2D eigenvalue weighted by Gasteiger charge is -2.05. The molecule has 5 nitrogen and oxygen atoms in total. The van der Waals surface area contributed by atoms with Crippen molar-refractivity contribution in [2.75, 3.05) is 0 Å². The summed E-state index contributed by atoms with van der Waals surface area (Å²) in [5.41, 5.74) is 3.35. The lowest BCUT2D eigenvalue weighted by molar-refractivity contribution is 0.0950. The van der Waals surface area contributed by atoms with Gasteiger partial charge in [-0.25, -0.2) is 9.97 Å². The third kappa shape index (κ3) is 2.51. The maximum Gasteiger partial charge on any atom is 0.251 e. The van der Waals surface area contributed by atoms with Gasteiger partial charge in [0.15, 0.2) is 0 Å². The first-order chi connectivity index (χ1) is 9.72. The van der Waals surface area contributed by atoms with Gasteiger partial charge >= 0.3 is 0 Å². The van der Waals surface area contributed by atoms with Crippen LogP contribution in [0.2, 0.25) is 0 Å². The van der Waals surface area contributed by atoms with Gasteiger partial charge in [-0.15, -0.1) is 0 Å². The molecule has 20 heavy (non-hydrogen) atoms. The zero-order valence-corrected chi connectivity index (χ0v) is 11.1. The van der Waals surface area contributed by atoms with Gasteiger partial charge in [0.1, 0.15) is 6.33 Å². The summed E-state index contributed by atoms with van der Waals surface area (Å²) in [6, 6.07) is 9.38. The van der Waals surface area contributed by atoms with E-state index < -0.39 is 0 Å². The van der Waals surface area contributed by atoms with E-state index >= 15 is 0 Å². The number of rotatable bonds is 3.